The number of thiophene rings is 1. The predicted molar refractivity (Wildman–Crippen MR) is 119 cm³/mol. The Kier molecular flexibility index (Phi) is 8.08. The quantitative estimate of drug-likeness (QED) is 0.637. The molecule has 1 aromatic carbocycles. The van der Waals surface area contributed by atoms with Crippen molar-refractivity contribution in [3.05, 3.63) is 52.2 Å². The largest absolute Gasteiger partial charge is 0.379 e. The van der Waals surface area contributed by atoms with Gasteiger partial charge in [0.15, 0.2) is 5.11 Å². The highest BCUT2D eigenvalue weighted by atomic mass is 32.1. The monoisotopic (exact) mass is 403 g/mol. The average molecular weight is 404 g/mol. The molecular formula is C21H29N3OS2. The smallest absolute Gasteiger partial charge is 0.170 e. The van der Waals surface area contributed by atoms with Crippen molar-refractivity contribution in [2.75, 3.05) is 38.2 Å². The Morgan fingerprint density at radius 1 is 1.22 bits per heavy atom. The van der Waals surface area contributed by atoms with Gasteiger partial charge in [-0.15, -0.1) is 11.3 Å². The van der Waals surface area contributed by atoms with Crippen molar-refractivity contribution in [3.63, 3.8) is 0 Å². The summed E-state index contributed by atoms with van der Waals surface area (Å²) in [5, 5.41) is 9.53. The molecule has 0 spiro atoms. The molecule has 1 fully saturated rings. The number of hydrogen-bond donors (Lipinski definition) is 2. The van der Waals surface area contributed by atoms with Crippen molar-refractivity contribution in [2.45, 2.75) is 32.2 Å². The van der Waals surface area contributed by atoms with Gasteiger partial charge in [0.2, 0.25) is 0 Å². The maximum Gasteiger partial charge on any atom is 0.170 e. The van der Waals surface area contributed by atoms with E-state index in [2.05, 4.69) is 64.2 Å². The van der Waals surface area contributed by atoms with Gasteiger partial charge in [0.1, 0.15) is 0 Å². The van der Waals surface area contributed by atoms with E-state index in [0.717, 1.165) is 45.0 Å². The number of rotatable bonds is 8. The molecule has 2 N–H and O–H groups in total. The molecule has 0 bridgehead atoms. The predicted octanol–water partition coefficient (Wildman–Crippen LogP) is 4.45. The topological polar surface area (TPSA) is 36.5 Å². The lowest BCUT2D eigenvalue weighted by Crippen LogP contribution is -2.44. The van der Waals surface area contributed by atoms with E-state index < -0.39 is 0 Å². The molecule has 0 aliphatic carbocycles. The highest BCUT2D eigenvalue weighted by molar-refractivity contribution is 7.80. The molecule has 1 atom stereocenters. The van der Waals surface area contributed by atoms with Crippen LogP contribution in [0.4, 0.5) is 5.69 Å². The summed E-state index contributed by atoms with van der Waals surface area (Å²) in [5.74, 6) is 0. The zero-order valence-corrected chi connectivity index (χ0v) is 17.6. The van der Waals surface area contributed by atoms with Crippen molar-refractivity contribution in [1.82, 2.24) is 10.2 Å². The summed E-state index contributed by atoms with van der Waals surface area (Å²) < 4.78 is 5.51. The molecule has 2 heterocycles. The van der Waals surface area contributed by atoms with Crippen LogP contribution in [-0.4, -0.2) is 42.9 Å². The van der Waals surface area contributed by atoms with E-state index in [1.807, 2.05) is 0 Å². The van der Waals surface area contributed by atoms with Crippen LogP contribution in [0.15, 0.2) is 41.8 Å². The molecular weight excluding hydrogens is 374 g/mol. The fourth-order valence-corrected chi connectivity index (χ4v) is 4.34. The second-order valence-corrected chi connectivity index (χ2v) is 8.20. The minimum Gasteiger partial charge on any atom is -0.379 e. The maximum absolute atomic E-state index is 5.53. The minimum atomic E-state index is 0.324. The minimum absolute atomic E-state index is 0.324. The lowest BCUT2D eigenvalue weighted by atomic mass is 10.1. The van der Waals surface area contributed by atoms with Gasteiger partial charge in [-0.1, -0.05) is 31.5 Å². The molecule has 1 aliphatic rings. The summed E-state index contributed by atoms with van der Waals surface area (Å²) in [6.07, 6.45) is 3.60. The van der Waals surface area contributed by atoms with E-state index in [9.17, 15) is 0 Å². The van der Waals surface area contributed by atoms with Crippen molar-refractivity contribution < 1.29 is 4.74 Å². The fraction of sp³-hybridized carbons (Fsp3) is 0.476. The van der Waals surface area contributed by atoms with Crippen molar-refractivity contribution in [1.29, 1.82) is 0 Å². The third-order valence-corrected chi connectivity index (χ3v) is 6.06. The first-order valence-electron chi connectivity index (χ1n) is 9.75. The number of ether oxygens (including phenoxy) is 1. The lowest BCUT2D eigenvalue weighted by Gasteiger charge is -2.34. The van der Waals surface area contributed by atoms with Gasteiger partial charge < -0.3 is 15.4 Å². The fourth-order valence-electron chi connectivity index (χ4n) is 3.28. The van der Waals surface area contributed by atoms with Crippen LogP contribution < -0.4 is 10.6 Å². The van der Waals surface area contributed by atoms with Crippen LogP contribution in [0.25, 0.3) is 0 Å². The van der Waals surface area contributed by atoms with Gasteiger partial charge in [0.25, 0.3) is 0 Å². The number of nitrogens with one attached hydrogen (secondary N) is 2. The van der Waals surface area contributed by atoms with Gasteiger partial charge in [-0.05, 0) is 54.2 Å². The Morgan fingerprint density at radius 2 is 2.00 bits per heavy atom. The number of benzene rings is 1. The van der Waals surface area contributed by atoms with Crippen LogP contribution in [-0.2, 0) is 11.2 Å². The molecule has 6 heteroatoms. The van der Waals surface area contributed by atoms with Gasteiger partial charge in [-0.25, -0.2) is 0 Å². The molecule has 0 unspecified atom stereocenters. The third kappa shape index (κ3) is 6.28. The maximum atomic E-state index is 5.53. The highest BCUT2D eigenvalue weighted by Gasteiger charge is 2.23. The molecule has 27 heavy (non-hydrogen) atoms. The normalized spacial score (nSPS) is 16.0. The number of thiocarbonyl (C=S) groups is 1. The molecule has 1 saturated heterocycles. The van der Waals surface area contributed by atoms with E-state index in [1.54, 1.807) is 11.3 Å². The van der Waals surface area contributed by atoms with E-state index in [0.29, 0.717) is 11.2 Å². The number of nitrogens with zero attached hydrogens (tertiary/aromatic N) is 1. The molecule has 146 valence electrons. The highest BCUT2D eigenvalue weighted by Crippen LogP contribution is 2.25. The Labute approximate surface area is 171 Å². The van der Waals surface area contributed by atoms with Gasteiger partial charge in [-0.3, -0.25) is 4.90 Å². The van der Waals surface area contributed by atoms with E-state index in [1.165, 1.54) is 23.3 Å². The summed E-state index contributed by atoms with van der Waals surface area (Å²) in [6, 6.07) is 13.2. The molecule has 1 aromatic heterocycles. The second kappa shape index (κ2) is 10.8. The molecule has 2 aromatic rings. The zero-order chi connectivity index (χ0) is 18.9. The van der Waals surface area contributed by atoms with Gasteiger partial charge in [-0.2, -0.15) is 0 Å². The molecule has 1 aliphatic heterocycles. The van der Waals surface area contributed by atoms with Gasteiger partial charge >= 0.3 is 0 Å². The number of aryl methyl sites for hydroxylation is 1. The lowest BCUT2D eigenvalue weighted by molar-refractivity contribution is 0.0177. The zero-order valence-electron chi connectivity index (χ0n) is 15.9. The van der Waals surface area contributed by atoms with Gasteiger partial charge in [0, 0.05) is 30.2 Å². The van der Waals surface area contributed by atoms with Crippen LogP contribution in [0.2, 0.25) is 0 Å². The van der Waals surface area contributed by atoms with Crippen LogP contribution in [0.3, 0.4) is 0 Å². The number of unbranched alkanes of at least 4 members (excludes halogenated alkanes) is 1. The molecule has 0 amide bonds. The van der Waals surface area contributed by atoms with Crippen LogP contribution in [0.1, 0.15) is 36.2 Å². The summed E-state index contributed by atoms with van der Waals surface area (Å²) in [7, 11) is 0. The standard InChI is InChI=1S/C21H29N3OS2/c1-2-3-5-17-7-9-18(10-8-17)23-21(26)22-16-19(20-6-4-15-27-20)24-11-13-25-14-12-24/h4,6-10,15,19H,2-3,5,11-14,16H2,1H3,(H2,22,23,26)/t19-/m0/s1. The number of anilines is 1. The summed E-state index contributed by atoms with van der Waals surface area (Å²) >= 11 is 7.33. The van der Waals surface area contributed by atoms with Crippen molar-refractivity contribution in [3.8, 4) is 0 Å². The van der Waals surface area contributed by atoms with E-state index in [-0.39, 0.29) is 0 Å². The van der Waals surface area contributed by atoms with E-state index >= 15 is 0 Å². The van der Waals surface area contributed by atoms with Crippen molar-refractivity contribution in [2.24, 2.45) is 0 Å². The Balaban J connectivity index is 1.53. The van der Waals surface area contributed by atoms with Crippen LogP contribution >= 0.6 is 23.6 Å². The first kappa shape index (κ1) is 20.3. The number of morpholine rings is 1. The molecule has 0 saturated carbocycles. The van der Waals surface area contributed by atoms with E-state index in [4.69, 9.17) is 17.0 Å². The van der Waals surface area contributed by atoms with Crippen LogP contribution in [0.5, 0.6) is 0 Å². The molecule has 3 rings (SSSR count). The molecule has 4 nitrogen and oxygen atoms in total. The Morgan fingerprint density at radius 3 is 2.67 bits per heavy atom. The second-order valence-electron chi connectivity index (χ2n) is 6.82. The SMILES string of the molecule is CCCCc1ccc(NC(=S)NC[C@@H](c2cccs2)N2CCOCC2)cc1. The first-order chi connectivity index (χ1) is 13.3. The van der Waals surface area contributed by atoms with Crippen LogP contribution in [0, 0.1) is 0 Å². The summed E-state index contributed by atoms with van der Waals surface area (Å²) in [4.78, 5) is 3.85. The summed E-state index contributed by atoms with van der Waals surface area (Å²) in [6.45, 7) is 6.54. The Bertz CT molecular complexity index is 682. The molecule has 0 radical (unpaired) electrons. The van der Waals surface area contributed by atoms with Gasteiger partial charge in [0.05, 0.1) is 19.3 Å². The summed E-state index contributed by atoms with van der Waals surface area (Å²) in [5.41, 5.74) is 2.41. The van der Waals surface area contributed by atoms with Crippen molar-refractivity contribution >= 4 is 34.4 Å². The number of hydrogen-bond acceptors (Lipinski definition) is 4. The average Bonchev–Trinajstić information content (AvgIpc) is 3.23. The Hall–Kier alpha value is -1.47. The first-order valence-corrected chi connectivity index (χ1v) is 11.0. The third-order valence-electron chi connectivity index (χ3n) is 4.84.